The zero-order chi connectivity index (χ0) is 22.8. The minimum Gasteiger partial charge on any atom is -0.340 e. The number of aromatic nitrogens is 4. The molecular formula is C23H19BN6O2S. The van der Waals surface area contributed by atoms with E-state index in [1.165, 1.54) is 12.4 Å². The molecule has 2 aromatic carbocycles. The molecule has 0 aliphatic carbocycles. The van der Waals surface area contributed by atoms with Crippen LogP contribution in [0, 0.1) is 0 Å². The topological polar surface area (TPSA) is 101 Å². The van der Waals surface area contributed by atoms with Crippen LogP contribution in [0.15, 0.2) is 96.3 Å². The number of sulfonamides is 1. The number of benzene rings is 2. The van der Waals surface area contributed by atoms with E-state index in [4.69, 9.17) is 4.98 Å². The van der Waals surface area contributed by atoms with E-state index in [1.807, 2.05) is 44.2 Å². The van der Waals surface area contributed by atoms with Gasteiger partial charge < -0.3 is 5.32 Å². The van der Waals surface area contributed by atoms with E-state index in [2.05, 4.69) is 20.1 Å². The summed E-state index contributed by atoms with van der Waals surface area (Å²) in [7, 11) is -1.75. The molecule has 5 aromatic rings. The van der Waals surface area contributed by atoms with Crippen LogP contribution in [-0.2, 0) is 10.0 Å². The van der Waals surface area contributed by atoms with Crippen molar-refractivity contribution in [2.24, 2.45) is 0 Å². The molecule has 162 valence electrons. The van der Waals surface area contributed by atoms with Crippen LogP contribution in [0.5, 0.6) is 0 Å². The summed E-state index contributed by atoms with van der Waals surface area (Å²) >= 11 is 0. The second-order valence-electron chi connectivity index (χ2n) is 7.45. The summed E-state index contributed by atoms with van der Waals surface area (Å²) in [6, 6.07) is 21.6. The van der Waals surface area contributed by atoms with Crippen LogP contribution in [0.2, 0.25) is 0 Å². The van der Waals surface area contributed by atoms with Crippen LogP contribution in [-0.4, -0.2) is 35.8 Å². The lowest BCUT2D eigenvalue weighted by Gasteiger charge is -2.12. The third kappa shape index (κ3) is 4.28. The fraction of sp³-hybridized carbons (Fsp3) is 0. The van der Waals surface area contributed by atoms with Crippen LogP contribution < -0.4 is 15.5 Å². The molecule has 3 aromatic heterocycles. The predicted octanol–water partition coefficient (Wildman–Crippen LogP) is 2.59. The molecule has 5 rings (SSSR count). The standard InChI is InChI=1S/C23H19BN6O2S/c24-20-15-26-30-22(14-21(28-23(20)30)16-4-2-1-3-5-16)27-17-6-8-19(9-7-17)33(31,32)29-18-10-12-25-13-11-18/h1-15,27H,24H2,(H,25,29). The van der Waals surface area contributed by atoms with Crippen molar-refractivity contribution in [1.29, 1.82) is 0 Å². The van der Waals surface area contributed by atoms with Gasteiger partial charge in [-0.05, 0) is 41.9 Å². The molecule has 10 heteroatoms. The van der Waals surface area contributed by atoms with Crippen molar-refractivity contribution < 1.29 is 8.42 Å². The van der Waals surface area contributed by atoms with E-state index in [0.29, 0.717) is 5.69 Å². The molecular weight excluding hydrogens is 435 g/mol. The van der Waals surface area contributed by atoms with Gasteiger partial charge in [0.1, 0.15) is 13.7 Å². The van der Waals surface area contributed by atoms with Crippen molar-refractivity contribution >= 4 is 46.2 Å². The Balaban J connectivity index is 1.45. The van der Waals surface area contributed by atoms with Gasteiger partial charge in [0.05, 0.1) is 16.3 Å². The Morgan fingerprint density at radius 1 is 0.879 bits per heavy atom. The molecule has 0 aliphatic heterocycles. The zero-order valence-electron chi connectivity index (χ0n) is 17.7. The first-order chi connectivity index (χ1) is 16.0. The van der Waals surface area contributed by atoms with Gasteiger partial charge in [-0.2, -0.15) is 9.61 Å². The lowest BCUT2D eigenvalue weighted by Crippen LogP contribution is -2.13. The first-order valence-electron chi connectivity index (χ1n) is 10.2. The molecule has 3 heterocycles. The van der Waals surface area contributed by atoms with Crippen molar-refractivity contribution in [2.75, 3.05) is 10.0 Å². The molecule has 0 saturated heterocycles. The molecule has 0 amide bonds. The second-order valence-corrected chi connectivity index (χ2v) is 9.13. The number of fused-ring (bicyclic) bond motifs is 1. The van der Waals surface area contributed by atoms with Crippen molar-refractivity contribution in [1.82, 2.24) is 19.6 Å². The maximum Gasteiger partial charge on any atom is 0.261 e. The van der Waals surface area contributed by atoms with Crippen molar-refractivity contribution in [3.05, 3.63) is 91.4 Å². The minimum absolute atomic E-state index is 0.157. The first-order valence-corrected chi connectivity index (χ1v) is 11.7. The fourth-order valence-electron chi connectivity index (χ4n) is 3.42. The number of nitrogens with zero attached hydrogens (tertiary/aromatic N) is 4. The molecule has 2 N–H and O–H groups in total. The lowest BCUT2D eigenvalue weighted by atomic mass is 10.0. The summed E-state index contributed by atoms with van der Waals surface area (Å²) < 4.78 is 29.6. The Morgan fingerprint density at radius 2 is 1.61 bits per heavy atom. The normalized spacial score (nSPS) is 11.4. The minimum atomic E-state index is -3.71. The average Bonchev–Trinajstić information content (AvgIpc) is 3.21. The number of rotatable bonds is 6. The zero-order valence-corrected chi connectivity index (χ0v) is 18.5. The predicted molar refractivity (Wildman–Crippen MR) is 131 cm³/mol. The van der Waals surface area contributed by atoms with Crippen LogP contribution in [0.3, 0.4) is 0 Å². The van der Waals surface area contributed by atoms with E-state index in [-0.39, 0.29) is 4.90 Å². The third-order valence-electron chi connectivity index (χ3n) is 5.09. The Bertz CT molecular complexity index is 1520. The molecule has 0 spiro atoms. The highest BCUT2D eigenvalue weighted by Crippen LogP contribution is 2.25. The highest BCUT2D eigenvalue weighted by molar-refractivity contribution is 7.92. The smallest absolute Gasteiger partial charge is 0.261 e. The second kappa shape index (κ2) is 8.40. The maximum absolute atomic E-state index is 12.7. The molecule has 33 heavy (non-hydrogen) atoms. The summed E-state index contributed by atoms with van der Waals surface area (Å²) in [5.74, 6) is 0.720. The van der Waals surface area contributed by atoms with Gasteiger partial charge in [-0.25, -0.2) is 13.4 Å². The number of hydrogen-bond acceptors (Lipinski definition) is 6. The van der Waals surface area contributed by atoms with Gasteiger partial charge in [-0.1, -0.05) is 30.3 Å². The van der Waals surface area contributed by atoms with Gasteiger partial charge in [-0.3, -0.25) is 9.71 Å². The van der Waals surface area contributed by atoms with Gasteiger partial charge in [0, 0.05) is 35.9 Å². The van der Waals surface area contributed by atoms with Crippen molar-refractivity contribution in [2.45, 2.75) is 4.90 Å². The monoisotopic (exact) mass is 454 g/mol. The largest absolute Gasteiger partial charge is 0.340 e. The maximum atomic E-state index is 12.7. The van der Waals surface area contributed by atoms with Crippen molar-refractivity contribution in [3.63, 3.8) is 0 Å². The summed E-state index contributed by atoms with van der Waals surface area (Å²) in [4.78, 5) is 8.81. The first kappa shape index (κ1) is 20.7. The van der Waals surface area contributed by atoms with Gasteiger partial charge in [0.25, 0.3) is 10.0 Å². The summed E-state index contributed by atoms with van der Waals surface area (Å²) in [5.41, 5.74) is 4.69. The molecule has 0 saturated carbocycles. The van der Waals surface area contributed by atoms with E-state index in [0.717, 1.165) is 33.9 Å². The number of anilines is 3. The fourth-order valence-corrected chi connectivity index (χ4v) is 4.48. The van der Waals surface area contributed by atoms with Gasteiger partial charge in [0.2, 0.25) is 0 Å². The molecule has 0 bridgehead atoms. The van der Waals surface area contributed by atoms with Crippen LogP contribution in [0.1, 0.15) is 0 Å². The Labute approximate surface area is 191 Å². The van der Waals surface area contributed by atoms with Crippen LogP contribution in [0.4, 0.5) is 17.2 Å². The molecule has 8 nitrogen and oxygen atoms in total. The number of nitrogens with one attached hydrogen (secondary N) is 2. The highest BCUT2D eigenvalue weighted by Gasteiger charge is 2.15. The summed E-state index contributed by atoms with van der Waals surface area (Å²) in [6.45, 7) is 0. The Morgan fingerprint density at radius 3 is 2.33 bits per heavy atom. The Hall–Kier alpha value is -4.18. The van der Waals surface area contributed by atoms with Crippen molar-refractivity contribution in [3.8, 4) is 11.3 Å². The van der Waals surface area contributed by atoms with E-state index >= 15 is 0 Å². The summed E-state index contributed by atoms with van der Waals surface area (Å²) in [6.07, 6.45) is 4.82. The highest BCUT2D eigenvalue weighted by atomic mass is 32.2. The SMILES string of the molecule is Bc1cnn2c(Nc3ccc(S(=O)(=O)Nc4ccncc4)cc3)cc(-c3ccccc3)nc12. The average molecular weight is 454 g/mol. The quantitative estimate of drug-likeness (QED) is 0.383. The third-order valence-corrected chi connectivity index (χ3v) is 6.48. The Kier molecular flexibility index (Phi) is 5.27. The summed E-state index contributed by atoms with van der Waals surface area (Å²) in [5, 5.41) is 7.77. The molecule has 0 unspecified atom stereocenters. The van der Waals surface area contributed by atoms with E-state index in [9.17, 15) is 8.42 Å². The number of pyridine rings is 1. The lowest BCUT2D eigenvalue weighted by molar-refractivity contribution is 0.601. The van der Waals surface area contributed by atoms with Gasteiger partial charge >= 0.3 is 0 Å². The molecule has 0 radical (unpaired) electrons. The molecule has 0 aliphatic rings. The van der Waals surface area contributed by atoms with Gasteiger partial charge in [-0.15, -0.1) is 0 Å². The van der Waals surface area contributed by atoms with E-state index < -0.39 is 10.0 Å². The molecule has 0 fully saturated rings. The molecule has 0 atom stereocenters. The van der Waals surface area contributed by atoms with E-state index in [1.54, 1.807) is 47.1 Å². The number of hydrogen-bond donors (Lipinski definition) is 2. The van der Waals surface area contributed by atoms with Crippen LogP contribution >= 0.6 is 0 Å². The van der Waals surface area contributed by atoms with Gasteiger partial charge in [0.15, 0.2) is 5.65 Å². The van der Waals surface area contributed by atoms with Crippen LogP contribution in [0.25, 0.3) is 16.9 Å².